The normalized spacial score (nSPS) is 11.7. The average Bonchev–Trinajstić information content (AvgIpc) is 1.82. The fourth-order valence-electron chi connectivity index (χ4n) is 0.719. The van der Waals surface area contributed by atoms with E-state index in [1.807, 2.05) is 4.98 Å². The van der Waals surface area contributed by atoms with Gasteiger partial charge in [0.15, 0.2) is 0 Å². The maximum Gasteiger partial charge on any atom is 0.423 e. The third-order valence-electron chi connectivity index (χ3n) is 1.19. The number of aromatic amines is 1. The zero-order chi connectivity index (χ0) is 9.35. The lowest BCUT2D eigenvalue weighted by Gasteiger charge is -2.05. The standard InChI is InChI=1S/C6H3ClF3NO/c7-3-1-2-11-5(12)4(3)6(8,9)10/h1-2H,(H,11,12). The molecule has 1 aromatic rings. The molecule has 0 fully saturated rings. The quantitative estimate of drug-likeness (QED) is 0.678. The number of hydrogen-bond acceptors (Lipinski definition) is 1. The summed E-state index contributed by atoms with van der Waals surface area (Å²) in [6, 6.07) is 0.978. The lowest BCUT2D eigenvalue weighted by atomic mass is 10.3. The first-order chi connectivity index (χ1) is 5.43. The van der Waals surface area contributed by atoms with Crippen molar-refractivity contribution in [3.05, 3.63) is 33.2 Å². The van der Waals surface area contributed by atoms with Crippen molar-refractivity contribution in [1.82, 2.24) is 4.98 Å². The number of alkyl halides is 3. The summed E-state index contributed by atoms with van der Waals surface area (Å²) in [5.74, 6) is 0. The van der Waals surface area contributed by atoms with E-state index < -0.39 is 22.3 Å². The summed E-state index contributed by atoms with van der Waals surface area (Å²) in [5, 5.41) is -0.591. The third kappa shape index (κ3) is 1.61. The molecule has 1 aromatic heterocycles. The Morgan fingerprint density at radius 3 is 2.33 bits per heavy atom. The summed E-state index contributed by atoms with van der Waals surface area (Å²) < 4.78 is 36.0. The summed E-state index contributed by atoms with van der Waals surface area (Å²) >= 11 is 5.17. The van der Waals surface area contributed by atoms with Gasteiger partial charge in [-0.05, 0) is 6.07 Å². The van der Waals surface area contributed by atoms with E-state index in [-0.39, 0.29) is 0 Å². The molecule has 0 amide bonds. The number of nitrogens with one attached hydrogen (secondary N) is 1. The molecule has 0 atom stereocenters. The van der Waals surface area contributed by atoms with Gasteiger partial charge in [0.25, 0.3) is 5.56 Å². The summed E-state index contributed by atoms with van der Waals surface area (Å²) in [7, 11) is 0. The molecule has 0 aliphatic heterocycles. The Morgan fingerprint density at radius 1 is 1.42 bits per heavy atom. The van der Waals surface area contributed by atoms with Crippen LogP contribution in [0.4, 0.5) is 13.2 Å². The number of rotatable bonds is 0. The Bertz CT molecular complexity index is 343. The number of halogens is 4. The van der Waals surface area contributed by atoms with Gasteiger partial charge in [-0.3, -0.25) is 4.79 Å². The molecule has 0 aromatic carbocycles. The first-order valence-electron chi connectivity index (χ1n) is 2.87. The number of hydrogen-bond donors (Lipinski definition) is 1. The molecule has 0 spiro atoms. The molecule has 0 saturated heterocycles. The summed E-state index contributed by atoms with van der Waals surface area (Å²) in [5.41, 5.74) is -2.58. The number of pyridine rings is 1. The van der Waals surface area contributed by atoms with Gasteiger partial charge in [0.2, 0.25) is 0 Å². The topological polar surface area (TPSA) is 32.9 Å². The van der Waals surface area contributed by atoms with Crippen LogP contribution in [0.5, 0.6) is 0 Å². The highest BCUT2D eigenvalue weighted by molar-refractivity contribution is 6.31. The van der Waals surface area contributed by atoms with Gasteiger partial charge >= 0.3 is 6.18 Å². The monoisotopic (exact) mass is 197 g/mol. The minimum atomic E-state index is -4.70. The second kappa shape index (κ2) is 2.82. The molecule has 0 bridgehead atoms. The highest BCUT2D eigenvalue weighted by atomic mass is 35.5. The highest BCUT2D eigenvalue weighted by Gasteiger charge is 2.36. The van der Waals surface area contributed by atoms with E-state index in [0.717, 1.165) is 12.3 Å². The van der Waals surface area contributed by atoms with E-state index in [0.29, 0.717) is 0 Å². The van der Waals surface area contributed by atoms with Gasteiger partial charge in [-0.25, -0.2) is 0 Å². The molecule has 0 radical (unpaired) electrons. The number of aromatic nitrogens is 1. The van der Waals surface area contributed by atoms with E-state index in [1.54, 1.807) is 0 Å². The van der Waals surface area contributed by atoms with E-state index >= 15 is 0 Å². The first kappa shape index (κ1) is 9.12. The van der Waals surface area contributed by atoms with Gasteiger partial charge in [-0.2, -0.15) is 13.2 Å². The zero-order valence-corrected chi connectivity index (χ0v) is 6.33. The maximum absolute atomic E-state index is 12.0. The largest absolute Gasteiger partial charge is 0.423 e. The van der Waals surface area contributed by atoms with Crippen molar-refractivity contribution in [2.45, 2.75) is 6.18 Å². The average molecular weight is 198 g/mol. The van der Waals surface area contributed by atoms with E-state index in [1.165, 1.54) is 0 Å². The van der Waals surface area contributed by atoms with Crippen LogP contribution in [0.25, 0.3) is 0 Å². The summed E-state index contributed by atoms with van der Waals surface area (Å²) in [4.78, 5) is 12.5. The minimum absolute atomic E-state index is 0.591. The van der Waals surface area contributed by atoms with Crippen LogP contribution < -0.4 is 5.56 Å². The molecule has 12 heavy (non-hydrogen) atoms. The molecule has 2 nitrogen and oxygen atoms in total. The third-order valence-corrected chi connectivity index (χ3v) is 1.51. The fourth-order valence-corrected chi connectivity index (χ4v) is 0.975. The fraction of sp³-hybridized carbons (Fsp3) is 0.167. The molecule has 1 N–H and O–H groups in total. The van der Waals surface area contributed by atoms with Crippen LogP contribution >= 0.6 is 11.6 Å². The van der Waals surface area contributed by atoms with Crippen molar-refractivity contribution in [2.75, 3.05) is 0 Å². The Balaban J connectivity index is 3.42. The van der Waals surface area contributed by atoms with E-state index in [4.69, 9.17) is 11.6 Å². The van der Waals surface area contributed by atoms with Crippen LogP contribution in [0.2, 0.25) is 5.02 Å². The minimum Gasteiger partial charge on any atom is -0.328 e. The van der Waals surface area contributed by atoms with Gasteiger partial charge < -0.3 is 4.98 Å². The first-order valence-corrected chi connectivity index (χ1v) is 3.25. The molecule has 1 rings (SSSR count). The van der Waals surface area contributed by atoms with Crippen molar-refractivity contribution in [2.24, 2.45) is 0 Å². The molecular formula is C6H3ClF3NO. The predicted molar refractivity (Wildman–Crippen MR) is 37.1 cm³/mol. The Morgan fingerprint density at radius 2 is 2.00 bits per heavy atom. The van der Waals surface area contributed by atoms with Gasteiger partial charge in [0, 0.05) is 6.20 Å². The molecule has 1 heterocycles. The van der Waals surface area contributed by atoms with Gasteiger partial charge in [0.1, 0.15) is 5.56 Å². The van der Waals surface area contributed by atoms with Crippen LogP contribution in [0.15, 0.2) is 17.1 Å². The second-order valence-electron chi connectivity index (χ2n) is 2.03. The van der Waals surface area contributed by atoms with Gasteiger partial charge in [0.05, 0.1) is 5.02 Å². The summed E-state index contributed by atoms with van der Waals surface area (Å²) in [6.45, 7) is 0. The van der Waals surface area contributed by atoms with Crippen molar-refractivity contribution in [3.63, 3.8) is 0 Å². The van der Waals surface area contributed by atoms with Crippen LogP contribution in [0.1, 0.15) is 5.56 Å². The Hall–Kier alpha value is -0.970. The smallest absolute Gasteiger partial charge is 0.328 e. The number of H-pyrrole nitrogens is 1. The molecule has 0 saturated carbocycles. The zero-order valence-electron chi connectivity index (χ0n) is 5.57. The molecule has 0 aliphatic rings. The summed E-state index contributed by atoms with van der Waals surface area (Å²) in [6.07, 6.45) is -3.65. The van der Waals surface area contributed by atoms with E-state index in [9.17, 15) is 18.0 Å². The molecule has 6 heteroatoms. The van der Waals surface area contributed by atoms with Crippen molar-refractivity contribution in [3.8, 4) is 0 Å². The highest BCUT2D eigenvalue weighted by Crippen LogP contribution is 2.30. The Kier molecular flexibility index (Phi) is 2.14. The molecule has 0 unspecified atom stereocenters. The van der Waals surface area contributed by atoms with Crippen LogP contribution in [0, 0.1) is 0 Å². The van der Waals surface area contributed by atoms with Crippen LogP contribution in [-0.2, 0) is 6.18 Å². The van der Waals surface area contributed by atoms with Crippen LogP contribution in [-0.4, -0.2) is 4.98 Å². The van der Waals surface area contributed by atoms with Gasteiger partial charge in [-0.1, -0.05) is 11.6 Å². The molecular weight excluding hydrogens is 195 g/mol. The second-order valence-corrected chi connectivity index (χ2v) is 2.43. The lowest BCUT2D eigenvalue weighted by Crippen LogP contribution is -2.21. The molecule has 66 valence electrons. The van der Waals surface area contributed by atoms with Crippen molar-refractivity contribution < 1.29 is 13.2 Å². The van der Waals surface area contributed by atoms with Crippen molar-refractivity contribution >= 4 is 11.6 Å². The van der Waals surface area contributed by atoms with Gasteiger partial charge in [-0.15, -0.1) is 0 Å². The van der Waals surface area contributed by atoms with Crippen LogP contribution in [0.3, 0.4) is 0 Å². The lowest BCUT2D eigenvalue weighted by molar-refractivity contribution is -0.138. The SMILES string of the molecule is O=c1[nH]ccc(Cl)c1C(F)(F)F. The van der Waals surface area contributed by atoms with Crippen molar-refractivity contribution in [1.29, 1.82) is 0 Å². The Labute approximate surface area is 70.0 Å². The maximum atomic E-state index is 12.0. The molecule has 0 aliphatic carbocycles. The predicted octanol–water partition coefficient (Wildman–Crippen LogP) is 2.05. The van der Waals surface area contributed by atoms with E-state index in [2.05, 4.69) is 0 Å².